The van der Waals surface area contributed by atoms with E-state index in [-0.39, 0.29) is 16.7 Å². The first-order chi connectivity index (χ1) is 13.4. The minimum atomic E-state index is -0.261. The minimum absolute atomic E-state index is 0.00390. The molecular formula is C22H33N3O3. The molecule has 0 aliphatic carbocycles. The van der Waals surface area contributed by atoms with Gasteiger partial charge in [0, 0.05) is 51.2 Å². The molecule has 3 aliphatic heterocycles. The third-order valence-corrected chi connectivity index (χ3v) is 7.32. The predicted molar refractivity (Wildman–Crippen MR) is 107 cm³/mol. The van der Waals surface area contributed by atoms with Crippen molar-refractivity contribution < 1.29 is 14.0 Å². The fraction of sp³-hybridized carbons (Fsp3) is 0.727. The van der Waals surface area contributed by atoms with Crippen LogP contribution in [0.25, 0.3) is 0 Å². The Hall–Kier alpha value is -1.82. The Kier molecular flexibility index (Phi) is 5.02. The lowest BCUT2D eigenvalue weighted by molar-refractivity contribution is -0.141. The van der Waals surface area contributed by atoms with Gasteiger partial charge in [-0.3, -0.25) is 9.59 Å². The van der Waals surface area contributed by atoms with E-state index in [9.17, 15) is 9.59 Å². The van der Waals surface area contributed by atoms with Gasteiger partial charge in [-0.2, -0.15) is 0 Å². The number of hydrogen-bond donors (Lipinski definition) is 0. The van der Waals surface area contributed by atoms with Crippen molar-refractivity contribution in [1.29, 1.82) is 0 Å². The van der Waals surface area contributed by atoms with Gasteiger partial charge in [-0.15, -0.1) is 0 Å². The molecular weight excluding hydrogens is 354 g/mol. The summed E-state index contributed by atoms with van der Waals surface area (Å²) in [5.74, 6) is 0.993. The van der Waals surface area contributed by atoms with Gasteiger partial charge < -0.3 is 19.1 Å². The Morgan fingerprint density at radius 2 is 1.93 bits per heavy atom. The number of hydrogen-bond acceptors (Lipinski definition) is 4. The summed E-state index contributed by atoms with van der Waals surface area (Å²) in [5, 5.41) is 0. The first-order valence-electron chi connectivity index (χ1n) is 10.7. The minimum Gasteiger partial charge on any atom is -0.472 e. The van der Waals surface area contributed by atoms with E-state index in [0.29, 0.717) is 17.4 Å². The van der Waals surface area contributed by atoms with Crippen molar-refractivity contribution in [2.45, 2.75) is 40.0 Å². The Morgan fingerprint density at radius 3 is 2.50 bits per heavy atom. The second kappa shape index (κ2) is 7.21. The highest BCUT2D eigenvalue weighted by Crippen LogP contribution is 2.57. The molecule has 4 rings (SSSR count). The van der Waals surface area contributed by atoms with Crippen LogP contribution in [-0.4, -0.2) is 72.3 Å². The molecule has 3 aliphatic rings. The van der Waals surface area contributed by atoms with E-state index in [1.165, 1.54) is 6.26 Å². The fourth-order valence-electron chi connectivity index (χ4n) is 5.95. The number of carbonyl (C=O) groups excluding carboxylic acids is 2. The second-order valence-corrected chi connectivity index (χ2v) is 9.36. The van der Waals surface area contributed by atoms with Gasteiger partial charge in [-0.25, -0.2) is 0 Å². The molecule has 0 unspecified atom stereocenters. The summed E-state index contributed by atoms with van der Waals surface area (Å²) >= 11 is 0. The Labute approximate surface area is 167 Å². The normalized spacial score (nSPS) is 27.6. The largest absolute Gasteiger partial charge is 0.472 e. The van der Waals surface area contributed by atoms with Gasteiger partial charge in [0.2, 0.25) is 5.91 Å². The molecule has 1 aromatic rings. The van der Waals surface area contributed by atoms with Gasteiger partial charge in [-0.1, -0.05) is 13.8 Å². The highest BCUT2D eigenvalue weighted by molar-refractivity contribution is 5.94. The lowest BCUT2D eigenvalue weighted by atomic mass is 9.60. The molecule has 28 heavy (non-hydrogen) atoms. The van der Waals surface area contributed by atoms with Crippen molar-refractivity contribution in [3.63, 3.8) is 0 Å². The molecule has 0 radical (unpaired) electrons. The quantitative estimate of drug-likeness (QED) is 0.797. The number of furan rings is 1. The van der Waals surface area contributed by atoms with Gasteiger partial charge in [0.25, 0.3) is 5.91 Å². The molecule has 4 heterocycles. The molecule has 6 heteroatoms. The lowest BCUT2D eigenvalue weighted by Crippen LogP contribution is -2.53. The van der Waals surface area contributed by atoms with Crippen LogP contribution in [0.2, 0.25) is 0 Å². The van der Waals surface area contributed by atoms with Gasteiger partial charge >= 0.3 is 0 Å². The van der Waals surface area contributed by atoms with Crippen LogP contribution in [0, 0.1) is 16.7 Å². The summed E-state index contributed by atoms with van der Waals surface area (Å²) in [6, 6.07) is 1.73. The summed E-state index contributed by atoms with van der Waals surface area (Å²) < 4.78 is 5.08. The molecule has 2 spiro atoms. The predicted octanol–water partition coefficient (Wildman–Crippen LogP) is 2.71. The van der Waals surface area contributed by atoms with Gasteiger partial charge in [-0.05, 0) is 38.2 Å². The molecule has 1 aromatic heterocycles. The van der Waals surface area contributed by atoms with Crippen LogP contribution in [0.1, 0.15) is 50.4 Å². The average Bonchev–Trinajstić information content (AvgIpc) is 3.37. The van der Waals surface area contributed by atoms with Gasteiger partial charge in [0.15, 0.2) is 0 Å². The number of likely N-dealkylation sites (tertiary alicyclic amines) is 3. The Balaban J connectivity index is 1.56. The molecule has 6 nitrogen and oxygen atoms in total. The van der Waals surface area contributed by atoms with Crippen molar-refractivity contribution in [1.82, 2.24) is 14.7 Å². The topological polar surface area (TPSA) is 57.0 Å². The highest BCUT2D eigenvalue weighted by atomic mass is 16.3. The van der Waals surface area contributed by atoms with Crippen LogP contribution in [-0.2, 0) is 4.79 Å². The zero-order valence-electron chi connectivity index (χ0n) is 17.4. The number of amides is 2. The standard InChI is InChI=1S/C22H33N3O3/c1-4-24-11-8-22(20(24)27)16-23(13-17(2)3)15-21(22)6-9-25(10-7-21)19(26)18-5-12-28-14-18/h5,12,14,17H,4,6-11,13,15-16H2,1-3H3/t22-/m0/s1. The van der Waals surface area contributed by atoms with Crippen molar-refractivity contribution in [2.24, 2.45) is 16.7 Å². The van der Waals surface area contributed by atoms with Crippen LogP contribution < -0.4 is 0 Å². The maximum atomic E-state index is 13.5. The first kappa shape index (κ1) is 19.5. The maximum Gasteiger partial charge on any atom is 0.257 e. The van der Waals surface area contributed by atoms with E-state index in [4.69, 9.17) is 4.42 Å². The maximum absolute atomic E-state index is 13.5. The molecule has 0 aromatic carbocycles. The highest BCUT2D eigenvalue weighted by Gasteiger charge is 2.64. The zero-order valence-corrected chi connectivity index (χ0v) is 17.4. The average molecular weight is 388 g/mol. The van der Waals surface area contributed by atoms with Crippen molar-refractivity contribution in [2.75, 3.05) is 45.8 Å². The van der Waals surface area contributed by atoms with Gasteiger partial charge in [0.05, 0.1) is 17.2 Å². The summed E-state index contributed by atoms with van der Waals surface area (Å²) in [6.07, 6.45) is 5.85. The molecule has 1 atom stereocenters. The van der Waals surface area contributed by atoms with Crippen molar-refractivity contribution in [3.8, 4) is 0 Å². The van der Waals surface area contributed by atoms with Crippen molar-refractivity contribution >= 4 is 11.8 Å². The molecule has 0 bridgehead atoms. The van der Waals surface area contributed by atoms with E-state index in [2.05, 4.69) is 25.7 Å². The van der Waals surface area contributed by atoms with E-state index >= 15 is 0 Å². The number of carbonyl (C=O) groups is 2. The van der Waals surface area contributed by atoms with Crippen LogP contribution in [0.4, 0.5) is 0 Å². The van der Waals surface area contributed by atoms with Crippen LogP contribution in [0.15, 0.2) is 23.0 Å². The SMILES string of the molecule is CCN1CC[C@]2(CN(CC(C)C)CC23CCN(C(=O)c2ccoc2)CC3)C1=O. The third kappa shape index (κ3) is 2.97. The van der Waals surface area contributed by atoms with E-state index in [1.54, 1.807) is 12.3 Å². The molecule has 154 valence electrons. The number of piperidine rings is 1. The fourth-order valence-corrected chi connectivity index (χ4v) is 5.95. The van der Waals surface area contributed by atoms with Crippen LogP contribution >= 0.6 is 0 Å². The monoisotopic (exact) mass is 387 g/mol. The number of nitrogens with zero attached hydrogens (tertiary/aromatic N) is 3. The summed E-state index contributed by atoms with van der Waals surface area (Å²) in [7, 11) is 0. The smallest absolute Gasteiger partial charge is 0.257 e. The van der Waals surface area contributed by atoms with Crippen LogP contribution in [0.3, 0.4) is 0 Å². The summed E-state index contributed by atoms with van der Waals surface area (Å²) in [4.78, 5) is 32.7. The molecule has 3 saturated heterocycles. The first-order valence-corrected chi connectivity index (χ1v) is 10.7. The Morgan fingerprint density at radius 1 is 1.18 bits per heavy atom. The Bertz CT molecular complexity index is 721. The van der Waals surface area contributed by atoms with E-state index < -0.39 is 0 Å². The summed E-state index contributed by atoms with van der Waals surface area (Å²) in [6.45, 7) is 12.6. The van der Waals surface area contributed by atoms with Crippen LogP contribution in [0.5, 0.6) is 0 Å². The van der Waals surface area contributed by atoms with E-state index in [0.717, 1.165) is 65.1 Å². The molecule has 2 amide bonds. The zero-order chi connectivity index (χ0) is 19.9. The summed E-state index contributed by atoms with van der Waals surface area (Å²) in [5.41, 5.74) is 0.353. The second-order valence-electron chi connectivity index (χ2n) is 9.36. The number of rotatable bonds is 4. The van der Waals surface area contributed by atoms with Gasteiger partial charge in [0.1, 0.15) is 6.26 Å². The number of fused-ring (bicyclic) bond motifs is 1. The van der Waals surface area contributed by atoms with E-state index in [1.807, 2.05) is 9.80 Å². The lowest BCUT2D eigenvalue weighted by Gasteiger charge is -2.47. The molecule has 0 saturated carbocycles. The third-order valence-electron chi connectivity index (χ3n) is 7.32. The molecule has 0 N–H and O–H groups in total. The molecule has 3 fully saturated rings. The van der Waals surface area contributed by atoms with Crippen molar-refractivity contribution in [3.05, 3.63) is 24.2 Å².